The van der Waals surface area contributed by atoms with Crippen LogP contribution in [-0.4, -0.2) is 67.6 Å². The maximum absolute atomic E-state index is 5.51. The first-order valence-corrected chi connectivity index (χ1v) is 10.1. The molecule has 0 aliphatic carbocycles. The number of rotatable bonds is 15. The molecule has 1 aromatic carbocycles. The quantitative estimate of drug-likeness (QED) is 0.317. The van der Waals surface area contributed by atoms with E-state index in [2.05, 4.69) is 30.9 Å². The highest BCUT2D eigenvalue weighted by molar-refractivity contribution is 5.43. The maximum atomic E-state index is 5.51. The molecule has 0 unspecified atom stereocenters. The predicted molar refractivity (Wildman–Crippen MR) is 118 cm³/mol. The van der Waals surface area contributed by atoms with Crippen molar-refractivity contribution in [3.05, 3.63) is 29.8 Å². The highest BCUT2D eigenvalue weighted by Crippen LogP contribution is 2.14. The molecule has 2 rings (SSSR count). The first-order valence-electron chi connectivity index (χ1n) is 10.1. The monoisotopic (exact) mass is 419 g/mol. The second kappa shape index (κ2) is 13.5. The summed E-state index contributed by atoms with van der Waals surface area (Å²) in [5.74, 6) is 2.30. The molecule has 5 N–H and O–H groups in total. The molecule has 0 saturated heterocycles. The van der Waals surface area contributed by atoms with Crippen molar-refractivity contribution in [2.24, 2.45) is 5.73 Å². The summed E-state index contributed by atoms with van der Waals surface area (Å²) in [5, 5.41) is 9.62. The Bertz CT molecular complexity index is 729. The van der Waals surface area contributed by atoms with Crippen molar-refractivity contribution in [1.29, 1.82) is 0 Å². The van der Waals surface area contributed by atoms with Gasteiger partial charge >= 0.3 is 0 Å². The van der Waals surface area contributed by atoms with Crippen LogP contribution in [0.3, 0.4) is 0 Å². The summed E-state index contributed by atoms with van der Waals surface area (Å²) in [6, 6.07) is 8.03. The first-order chi connectivity index (χ1) is 14.6. The number of benzene rings is 1. The van der Waals surface area contributed by atoms with E-state index in [9.17, 15) is 0 Å². The topological polar surface area (TPSA) is 128 Å². The summed E-state index contributed by atoms with van der Waals surface area (Å²) < 4.78 is 16.0. The van der Waals surface area contributed by atoms with Gasteiger partial charge in [0, 0.05) is 25.7 Å². The zero-order valence-electron chi connectivity index (χ0n) is 18.0. The van der Waals surface area contributed by atoms with Crippen LogP contribution in [0.1, 0.15) is 19.4 Å². The lowest BCUT2D eigenvalue weighted by Gasteiger charge is -2.13. The van der Waals surface area contributed by atoms with Crippen LogP contribution in [0.5, 0.6) is 5.75 Å². The number of hydrogen-bond donors (Lipinski definition) is 4. The van der Waals surface area contributed by atoms with Crippen molar-refractivity contribution in [2.75, 3.05) is 62.6 Å². The number of aromatic nitrogens is 3. The van der Waals surface area contributed by atoms with Crippen molar-refractivity contribution in [3.8, 4) is 5.75 Å². The minimum Gasteiger partial charge on any atom is -0.497 e. The van der Waals surface area contributed by atoms with Crippen LogP contribution in [-0.2, 0) is 16.0 Å². The fraction of sp³-hybridized carbons (Fsp3) is 0.550. The second-order valence-corrected chi connectivity index (χ2v) is 6.75. The smallest absolute Gasteiger partial charge is 0.229 e. The Balaban J connectivity index is 1.88. The number of methoxy groups -OCH3 is 1. The van der Waals surface area contributed by atoms with Crippen LogP contribution < -0.4 is 26.4 Å². The number of hydrogen-bond acceptors (Lipinski definition) is 10. The number of anilines is 3. The van der Waals surface area contributed by atoms with E-state index in [1.807, 2.05) is 38.1 Å². The van der Waals surface area contributed by atoms with E-state index in [1.54, 1.807) is 7.11 Å². The number of ether oxygens (including phenoxy) is 3. The summed E-state index contributed by atoms with van der Waals surface area (Å²) >= 11 is 0. The summed E-state index contributed by atoms with van der Waals surface area (Å²) in [7, 11) is 1.65. The molecule has 10 nitrogen and oxygen atoms in total. The fourth-order valence-electron chi connectivity index (χ4n) is 2.42. The molecule has 0 aliphatic heterocycles. The van der Waals surface area contributed by atoms with Crippen LogP contribution in [0, 0.1) is 0 Å². The Morgan fingerprint density at radius 1 is 0.867 bits per heavy atom. The SMILES string of the molecule is COc1ccc(CNc2nc(NCCOCCOCCN)nc(NC(C)C)n2)cc1. The van der Waals surface area contributed by atoms with Crippen LogP contribution in [0.2, 0.25) is 0 Å². The standard InChI is InChI=1S/C20H33N7O3/c1-15(2)24-20-26-18(22-9-11-30-13-12-29-10-8-21)25-19(27-20)23-14-16-4-6-17(28-3)7-5-16/h4-7,15H,8-14,21H2,1-3H3,(H3,22,23,24,25,26,27). The summed E-state index contributed by atoms with van der Waals surface area (Å²) in [6.45, 7) is 7.84. The van der Waals surface area contributed by atoms with Gasteiger partial charge in [0.15, 0.2) is 0 Å². The third-order valence-corrected chi connectivity index (χ3v) is 3.83. The van der Waals surface area contributed by atoms with Gasteiger partial charge in [-0.05, 0) is 31.5 Å². The fourth-order valence-corrected chi connectivity index (χ4v) is 2.42. The van der Waals surface area contributed by atoms with Crippen molar-refractivity contribution < 1.29 is 14.2 Å². The lowest BCUT2D eigenvalue weighted by atomic mass is 10.2. The first kappa shape index (κ1) is 23.6. The molecular weight excluding hydrogens is 386 g/mol. The van der Waals surface area contributed by atoms with E-state index >= 15 is 0 Å². The second-order valence-electron chi connectivity index (χ2n) is 6.75. The average Bonchev–Trinajstić information content (AvgIpc) is 2.74. The van der Waals surface area contributed by atoms with Crippen LogP contribution in [0.25, 0.3) is 0 Å². The maximum Gasteiger partial charge on any atom is 0.229 e. The third kappa shape index (κ3) is 9.21. The van der Waals surface area contributed by atoms with Gasteiger partial charge in [0.05, 0.1) is 33.5 Å². The Hall–Kier alpha value is -2.69. The Morgan fingerprint density at radius 3 is 2.13 bits per heavy atom. The van der Waals surface area contributed by atoms with Gasteiger partial charge in [-0.2, -0.15) is 15.0 Å². The molecular formula is C20H33N7O3. The normalized spacial score (nSPS) is 10.8. The Morgan fingerprint density at radius 2 is 1.50 bits per heavy atom. The van der Waals surface area contributed by atoms with E-state index in [-0.39, 0.29) is 6.04 Å². The molecule has 0 bridgehead atoms. The van der Waals surface area contributed by atoms with Crippen LogP contribution in [0.4, 0.5) is 17.8 Å². The lowest BCUT2D eigenvalue weighted by molar-refractivity contribution is 0.0547. The average molecular weight is 420 g/mol. The van der Waals surface area contributed by atoms with Gasteiger partial charge in [0.1, 0.15) is 5.75 Å². The number of nitrogens with zero attached hydrogens (tertiary/aromatic N) is 3. The van der Waals surface area contributed by atoms with Crippen molar-refractivity contribution in [3.63, 3.8) is 0 Å². The lowest BCUT2D eigenvalue weighted by Crippen LogP contribution is -2.18. The molecule has 30 heavy (non-hydrogen) atoms. The van der Waals surface area contributed by atoms with Gasteiger partial charge in [0.2, 0.25) is 17.8 Å². The number of nitrogens with two attached hydrogens (primary N) is 1. The van der Waals surface area contributed by atoms with E-state index in [4.69, 9.17) is 19.9 Å². The van der Waals surface area contributed by atoms with Crippen molar-refractivity contribution in [1.82, 2.24) is 15.0 Å². The molecule has 10 heteroatoms. The molecule has 0 amide bonds. The van der Waals surface area contributed by atoms with Gasteiger partial charge in [-0.15, -0.1) is 0 Å². The highest BCUT2D eigenvalue weighted by Gasteiger charge is 2.08. The van der Waals surface area contributed by atoms with Gasteiger partial charge in [-0.1, -0.05) is 12.1 Å². The molecule has 1 aromatic heterocycles. The summed E-state index contributed by atoms with van der Waals surface area (Å²) in [6.07, 6.45) is 0. The van der Waals surface area contributed by atoms with E-state index < -0.39 is 0 Å². The molecule has 0 fully saturated rings. The number of nitrogens with one attached hydrogen (secondary N) is 3. The van der Waals surface area contributed by atoms with Gasteiger partial charge in [0.25, 0.3) is 0 Å². The van der Waals surface area contributed by atoms with Crippen molar-refractivity contribution >= 4 is 17.8 Å². The molecule has 0 spiro atoms. The van der Waals surface area contributed by atoms with Gasteiger partial charge in [-0.3, -0.25) is 0 Å². The van der Waals surface area contributed by atoms with Gasteiger partial charge < -0.3 is 35.9 Å². The molecule has 2 aromatic rings. The Kier molecular flexibility index (Phi) is 10.6. The minimum absolute atomic E-state index is 0.201. The molecule has 0 radical (unpaired) electrons. The Labute approximate surface area is 177 Å². The van der Waals surface area contributed by atoms with Crippen LogP contribution >= 0.6 is 0 Å². The van der Waals surface area contributed by atoms with E-state index in [0.29, 0.717) is 63.9 Å². The summed E-state index contributed by atoms with van der Waals surface area (Å²) in [4.78, 5) is 13.3. The molecule has 1 heterocycles. The van der Waals surface area contributed by atoms with Crippen molar-refractivity contribution in [2.45, 2.75) is 26.4 Å². The van der Waals surface area contributed by atoms with E-state index in [1.165, 1.54) is 0 Å². The zero-order valence-corrected chi connectivity index (χ0v) is 18.0. The predicted octanol–water partition coefficient (Wildman–Crippen LogP) is 1.72. The highest BCUT2D eigenvalue weighted by atomic mass is 16.5. The molecule has 0 saturated carbocycles. The largest absolute Gasteiger partial charge is 0.497 e. The van der Waals surface area contributed by atoms with E-state index in [0.717, 1.165) is 11.3 Å². The third-order valence-electron chi connectivity index (χ3n) is 3.83. The molecule has 0 atom stereocenters. The minimum atomic E-state index is 0.201. The molecule has 0 aliphatic rings. The van der Waals surface area contributed by atoms with Crippen LogP contribution in [0.15, 0.2) is 24.3 Å². The molecule has 166 valence electrons. The zero-order chi connectivity index (χ0) is 21.6. The summed E-state index contributed by atoms with van der Waals surface area (Å²) in [5.41, 5.74) is 6.46. The van der Waals surface area contributed by atoms with Gasteiger partial charge in [-0.25, -0.2) is 0 Å².